The Balaban J connectivity index is 1.05. The molecule has 9 nitrogen and oxygen atoms in total. The first-order valence-corrected chi connectivity index (χ1v) is 16.3. The molecule has 3 fully saturated rings. The van der Waals surface area contributed by atoms with Gasteiger partial charge in [0, 0.05) is 63.8 Å². The topological polar surface area (TPSA) is 89.0 Å². The number of fused-ring (bicyclic) bond motifs is 1. The van der Waals surface area contributed by atoms with Crippen molar-refractivity contribution in [3.05, 3.63) is 41.1 Å². The molecule has 1 aromatic heterocycles. The minimum Gasteiger partial charge on any atom is -0.381 e. The summed E-state index contributed by atoms with van der Waals surface area (Å²) in [4.78, 5) is 15.3. The zero-order valence-electron chi connectivity index (χ0n) is 23.7. The van der Waals surface area contributed by atoms with Crippen LogP contribution in [0.5, 0.6) is 0 Å². The van der Waals surface area contributed by atoms with Gasteiger partial charge in [-0.1, -0.05) is 24.3 Å². The Morgan fingerprint density at radius 3 is 2.58 bits per heavy atom. The van der Waals surface area contributed by atoms with Gasteiger partial charge in [0.25, 0.3) is 0 Å². The molecule has 3 saturated heterocycles. The first-order chi connectivity index (χ1) is 19.6. The molecule has 4 aliphatic heterocycles. The van der Waals surface area contributed by atoms with Gasteiger partial charge in [0.2, 0.25) is 5.95 Å². The Morgan fingerprint density at radius 1 is 1.05 bits per heavy atom. The normalized spacial score (nSPS) is 23.1. The summed E-state index contributed by atoms with van der Waals surface area (Å²) in [6.07, 6.45) is 6.94. The third kappa shape index (κ3) is 6.68. The van der Waals surface area contributed by atoms with Crippen LogP contribution in [0.3, 0.4) is 0 Å². The summed E-state index contributed by atoms with van der Waals surface area (Å²) in [5.41, 5.74) is 3.58. The fraction of sp³-hybridized carbons (Fsp3) is 0.667. The largest absolute Gasteiger partial charge is 0.381 e. The molecule has 1 unspecified atom stereocenters. The minimum absolute atomic E-state index is 0.308. The van der Waals surface area contributed by atoms with E-state index in [9.17, 15) is 4.21 Å². The maximum absolute atomic E-state index is 12.8. The Labute approximate surface area is 240 Å². The summed E-state index contributed by atoms with van der Waals surface area (Å²) in [6, 6.07) is 9.78. The van der Waals surface area contributed by atoms with E-state index in [1.54, 1.807) is 0 Å². The van der Waals surface area contributed by atoms with Crippen molar-refractivity contribution >= 4 is 22.6 Å². The maximum atomic E-state index is 12.8. The first-order valence-electron chi connectivity index (χ1n) is 15.0. The van der Waals surface area contributed by atoms with E-state index in [1.807, 2.05) is 0 Å². The molecule has 1 aromatic carbocycles. The molecule has 40 heavy (non-hydrogen) atoms. The van der Waals surface area contributed by atoms with Crippen LogP contribution in [-0.4, -0.2) is 90.2 Å². The van der Waals surface area contributed by atoms with E-state index in [0.29, 0.717) is 37.1 Å². The van der Waals surface area contributed by atoms with Crippen molar-refractivity contribution in [2.75, 3.05) is 69.3 Å². The van der Waals surface area contributed by atoms with Gasteiger partial charge in [-0.15, -0.1) is 0 Å². The zero-order chi connectivity index (χ0) is 27.3. The van der Waals surface area contributed by atoms with Crippen LogP contribution in [0.1, 0.15) is 61.3 Å². The van der Waals surface area contributed by atoms with E-state index in [1.165, 1.54) is 11.1 Å². The van der Waals surface area contributed by atoms with Crippen LogP contribution in [0.2, 0.25) is 0 Å². The molecule has 0 saturated carbocycles. The van der Waals surface area contributed by atoms with Crippen molar-refractivity contribution in [1.29, 1.82) is 0 Å². The molecule has 4 aliphatic rings. The molecule has 0 bridgehead atoms. The summed E-state index contributed by atoms with van der Waals surface area (Å²) < 4.78 is 29.8. The number of hydrogen-bond acceptors (Lipinski definition) is 9. The van der Waals surface area contributed by atoms with Crippen LogP contribution in [0, 0.1) is 0 Å². The Hall–Kier alpha value is -2.11. The lowest BCUT2D eigenvalue weighted by Gasteiger charge is -2.33. The summed E-state index contributed by atoms with van der Waals surface area (Å²) in [6.45, 7) is 6.33. The average molecular weight is 570 g/mol. The van der Waals surface area contributed by atoms with Crippen LogP contribution in [0.15, 0.2) is 29.2 Å². The summed E-state index contributed by atoms with van der Waals surface area (Å²) in [5, 5.41) is 3.60. The number of benzene rings is 1. The molecule has 2 aromatic rings. The van der Waals surface area contributed by atoms with E-state index in [2.05, 4.69) is 46.4 Å². The van der Waals surface area contributed by atoms with Crippen molar-refractivity contribution in [2.24, 2.45) is 0 Å². The lowest BCUT2D eigenvalue weighted by molar-refractivity contribution is -0.0237. The van der Waals surface area contributed by atoms with Gasteiger partial charge in [0.15, 0.2) is 0 Å². The number of nitrogens with one attached hydrogen (secondary N) is 1. The summed E-state index contributed by atoms with van der Waals surface area (Å²) in [7, 11) is 1.13. The average Bonchev–Trinajstić information content (AvgIpc) is 3.39. The molecular weight excluding hydrogens is 526 g/mol. The minimum atomic E-state index is -1.02. The van der Waals surface area contributed by atoms with Crippen LogP contribution < -0.4 is 10.2 Å². The van der Waals surface area contributed by atoms with E-state index in [-0.39, 0.29) is 0 Å². The molecular formula is C30H43N5O4S. The van der Waals surface area contributed by atoms with Crippen molar-refractivity contribution < 1.29 is 18.4 Å². The fourth-order valence-electron chi connectivity index (χ4n) is 6.35. The zero-order valence-corrected chi connectivity index (χ0v) is 24.5. The van der Waals surface area contributed by atoms with Crippen LogP contribution >= 0.6 is 0 Å². The molecule has 10 heteroatoms. The van der Waals surface area contributed by atoms with Gasteiger partial charge in [0.1, 0.15) is 10.7 Å². The van der Waals surface area contributed by atoms with E-state index < -0.39 is 10.8 Å². The summed E-state index contributed by atoms with van der Waals surface area (Å²) in [5.74, 6) is 2.72. The fourth-order valence-corrected chi connectivity index (χ4v) is 7.66. The van der Waals surface area contributed by atoms with Crippen molar-refractivity contribution in [1.82, 2.24) is 14.9 Å². The van der Waals surface area contributed by atoms with Gasteiger partial charge in [-0.2, -0.15) is 4.98 Å². The number of ether oxygens (including phenoxy) is 3. The Kier molecular flexibility index (Phi) is 9.28. The monoisotopic (exact) mass is 569 g/mol. The second-order valence-corrected chi connectivity index (χ2v) is 13.1. The number of rotatable bonds is 9. The van der Waals surface area contributed by atoms with E-state index >= 15 is 0 Å². The highest BCUT2D eigenvalue weighted by Gasteiger charge is 2.30. The quantitative estimate of drug-likeness (QED) is 0.454. The molecule has 6 rings (SSSR count). The lowest BCUT2D eigenvalue weighted by Crippen LogP contribution is -2.37. The predicted octanol–water partition coefficient (Wildman–Crippen LogP) is 3.70. The molecule has 5 heterocycles. The van der Waals surface area contributed by atoms with Crippen molar-refractivity contribution in [2.45, 2.75) is 74.4 Å². The van der Waals surface area contributed by atoms with Gasteiger partial charge >= 0.3 is 0 Å². The van der Waals surface area contributed by atoms with Crippen molar-refractivity contribution in [3.8, 4) is 0 Å². The SMILES string of the molecule is CN(COCc1cccc(C2CCN(c3nc4c(c(NC5CCOCC5)n3)S(=O)CC4)CC2)c1)C1CCOCC1. The van der Waals surface area contributed by atoms with Crippen LogP contribution in [0.25, 0.3) is 0 Å². The van der Waals surface area contributed by atoms with Gasteiger partial charge in [0.05, 0.1) is 29.8 Å². The van der Waals surface area contributed by atoms with E-state index in [0.717, 1.165) is 107 Å². The van der Waals surface area contributed by atoms with Gasteiger partial charge in [-0.25, -0.2) is 4.98 Å². The Bertz CT molecular complexity index is 1160. The van der Waals surface area contributed by atoms with Crippen molar-refractivity contribution in [3.63, 3.8) is 0 Å². The highest BCUT2D eigenvalue weighted by molar-refractivity contribution is 7.85. The molecule has 1 atom stereocenters. The van der Waals surface area contributed by atoms with Crippen LogP contribution in [-0.2, 0) is 38.0 Å². The third-order valence-electron chi connectivity index (χ3n) is 8.82. The molecule has 218 valence electrons. The smallest absolute Gasteiger partial charge is 0.227 e. The second-order valence-electron chi connectivity index (χ2n) is 11.6. The number of aryl methyl sites for hydroxylation is 1. The number of anilines is 2. The predicted molar refractivity (Wildman–Crippen MR) is 156 cm³/mol. The van der Waals surface area contributed by atoms with Gasteiger partial charge < -0.3 is 24.4 Å². The number of nitrogens with zero attached hydrogens (tertiary/aromatic N) is 4. The Morgan fingerprint density at radius 2 is 1.80 bits per heavy atom. The molecule has 0 radical (unpaired) electrons. The molecule has 0 amide bonds. The number of hydrogen-bond donors (Lipinski definition) is 1. The number of piperidine rings is 1. The summed E-state index contributed by atoms with van der Waals surface area (Å²) >= 11 is 0. The maximum Gasteiger partial charge on any atom is 0.227 e. The molecule has 0 aliphatic carbocycles. The lowest BCUT2D eigenvalue weighted by atomic mass is 9.89. The highest BCUT2D eigenvalue weighted by atomic mass is 32.2. The van der Waals surface area contributed by atoms with Crippen LogP contribution in [0.4, 0.5) is 11.8 Å². The second kappa shape index (κ2) is 13.2. The van der Waals surface area contributed by atoms with Gasteiger partial charge in [-0.3, -0.25) is 9.11 Å². The molecule has 0 spiro atoms. The first kappa shape index (κ1) is 28.0. The van der Waals surface area contributed by atoms with Gasteiger partial charge in [-0.05, 0) is 62.6 Å². The van der Waals surface area contributed by atoms with E-state index in [4.69, 9.17) is 24.2 Å². The standard InChI is InChI=1S/C30H43N5O4S/c1-34(26-9-16-38-17-10-26)21-39-20-22-3-2-4-24(19-22)23-5-12-35(13-6-23)30-32-27-11-18-40(36)28(27)29(33-30)31-25-7-14-37-15-8-25/h2-4,19,23,25-26H,5-18,20-21H2,1H3,(H,31,32,33). The highest BCUT2D eigenvalue weighted by Crippen LogP contribution is 2.34. The third-order valence-corrected chi connectivity index (χ3v) is 10.3. The number of aromatic nitrogens is 2. The molecule has 1 N–H and O–H groups in total.